The lowest BCUT2D eigenvalue weighted by atomic mass is 9.92. The summed E-state index contributed by atoms with van der Waals surface area (Å²) in [7, 11) is 0. The molecule has 0 saturated heterocycles. The summed E-state index contributed by atoms with van der Waals surface area (Å²) >= 11 is 0. The van der Waals surface area contributed by atoms with E-state index in [0.29, 0.717) is 5.92 Å². The zero-order valence-corrected chi connectivity index (χ0v) is 22.0. The van der Waals surface area contributed by atoms with Crippen LogP contribution in [0.1, 0.15) is 88.5 Å². The molecule has 0 spiro atoms. The standard InChI is InChI=1S/C33H43N/c1-6-8-11-27-12-9-14-31-28(21-27)13-10-15-33(31)34-30-17-16-23(3)32(22-30)29-19-25(5)24(4)18-26(7-2)20-29/h10,13,15-20,22,26-27,34H,6-9,11-12,14,21H2,1-5H3. The van der Waals surface area contributed by atoms with E-state index in [4.69, 9.17) is 0 Å². The second-order valence-corrected chi connectivity index (χ2v) is 10.6. The van der Waals surface area contributed by atoms with Crippen molar-refractivity contribution in [3.05, 3.63) is 88.0 Å². The van der Waals surface area contributed by atoms with E-state index in [-0.39, 0.29) is 0 Å². The molecule has 1 nitrogen and oxygen atoms in total. The minimum Gasteiger partial charge on any atom is -0.355 e. The van der Waals surface area contributed by atoms with Crippen molar-refractivity contribution in [1.29, 1.82) is 0 Å². The largest absolute Gasteiger partial charge is 0.355 e. The van der Waals surface area contributed by atoms with Crippen LogP contribution in [0, 0.1) is 18.8 Å². The Morgan fingerprint density at radius 3 is 2.62 bits per heavy atom. The molecule has 4 rings (SSSR count). The van der Waals surface area contributed by atoms with E-state index >= 15 is 0 Å². The molecule has 2 aliphatic rings. The predicted molar refractivity (Wildman–Crippen MR) is 150 cm³/mol. The molecule has 2 aromatic rings. The van der Waals surface area contributed by atoms with Crippen LogP contribution in [0.15, 0.2) is 65.8 Å². The molecule has 2 aliphatic carbocycles. The zero-order valence-electron chi connectivity index (χ0n) is 22.0. The Morgan fingerprint density at radius 1 is 0.971 bits per heavy atom. The number of nitrogens with one attached hydrogen (secondary N) is 1. The number of allylic oxidation sites excluding steroid dienone is 6. The number of rotatable bonds is 7. The van der Waals surface area contributed by atoms with Crippen LogP contribution >= 0.6 is 0 Å². The number of hydrogen-bond donors (Lipinski definition) is 1. The number of unbranched alkanes of at least 4 members (excludes halogenated alkanes) is 1. The van der Waals surface area contributed by atoms with Gasteiger partial charge in [0.25, 0.3) is 0 Å². The van der Waals surface area contributed by atoms with Crippen molar-refractivity contribution in [2.45, 2.75) is 86.0 Å². The highest BCUT2D eigenvalue weighted by atomic mass is 14.9. The molecule has 2 unspecified atom stereocenters. The van der Waals surface area contributed by atoms with E-state index in [0.717, 1.165) is 12.3 Å². The summed E-state index contributed by atoms with van der Waals surface area (Å²) in [6.45, 7) is 11.3. The van der Waals surface area contributed by atoms with Gasteiger partial charge in [0.15, 0.2) is 0 Å². The summed E-state index contributed by atoms with van der Waals surface area (Å²) in [6, 6.07) is 13.8. The smallest absolute Gasteiger partial charge is 0.0419 e. The van der Waals surface area contributed by atoms with E-state index in [1.807, 2.05) is 0 Å². The van der Waals surface area contributed by atoms with Crippen molar-refractivity contribution in [3.8, 4) is 0 Å². The van der Waals surface area contributed by atoms with Gasteiger partial charge in [0.05, 0.1) is 0 Å². The average Bonchev–Trinajstić information content (AvgIpc) is 3.13. The summed E-state index contributed by atoms with van der Waals surface area (Å²) in [5.41, 5.74) is 12.4. The molecule has 0 radical (unpaired) electrons. The van der Waals surface area contributed by atoms with Gasteiger partial charge >= 0.3 is 0 Å². The van der Waals surface area contributed by atoms with Gasteiger partial charge in [0, 0.05) is 11.4 Å². The lowest BCUT2D eigenvalue weighted by Crippen LogP contribution is -2.04. The molecule has 0 saturated carbocycles. The molecule has 34 heavy (non-hydrogen) atoms. The normalized spacial score (nSPS) is 20.4. The maximum absolute atomic E-state index is 3.82. The van der Waals surface area contributed by atoms with Crippen LogP contribution in [-0.4, -0.2) is 0 Å². The molecule has 0 fully saturated rings. The number of hydrogen-bond acceptors (Lipinski definition) is 1. The lowest BCUT2D eigenvalue weighted by molar-refractivity contribution is 0.430. The number of benzene rings is 2. The maximum atomic E-state index is 3.82. The van der Waals surface area contributed by atoms with Crippen molar-refractivity contribution in [3.63, 3.8) is 0 Å². The Balaban J connectivity index is 1.62. The molecular weight excluding hydrogens is 410 g/mol. The highest BCUT2D eigenvalue weighted by Crippen LogP contribution is 2.35. The van der Waals surface area contributed by atoms with E-state index < -0.39 is 0 Å². The highest BCUT2D eigenvalue weighted by molar-refractivity contribution is 5.81. The van der Waals surface area contributed by atoms with Gasteiger partial charge in [0.1, 0.15) is 0 Å². The quantitative estimate of drug-likeness (QED) is 0.411. The first kappa shape index (κ1) is 24.6. The zero-order chi connectivity index (χ0) is 24.1. The Labute approximate surface area is 208 Å². The van der Waals surface area contributed by atoms with Crippen LogP contribution in [0.5, 0.6) is 0 Å². The topological polar surface area (TPSA) is 12.0 Å². The molecule has 2 aromatic carbocycles. The van der Waals surface area contributed by atoms with E-state index in [1.165, 1.54) is 84.2 Å². The van der Waals surface area contributed by atoms with Gasteiger partial charge < -0.3 is 5.32 Å². The van der Waals surface area contributed by atoms with Crippen LogP contribution in [0.3, 0.4) is 0 Å². The molecule has 0 heterocycles. The Bertz CT molecular complexity index is 1100. The SMILES string of the molecule is CCCCC1CCCc2c(cccc2Nc2ccc(C)c(C3=CC(CC)C=C(C)C(C)=C3)c2)C1. The van der Waals surface area contributed by atoms with E-state index in [2.05, 4.69) is 94.6 Å². The second kappa shape index (κ2) is 11.3. The summed E-state index contributed by atoms with van der Waals surface area (Å²) in [5.74, 6) is 1.34. The van der Waals surface area contributed by atoms with Gasteiger partial charge in [-0.3, -0.25) is 0 Å². The van der Waals surface area contributed by atoms with Crippen molar-refractivity contribution in [1.82, 2.24) is 0 Å². The van der Waals surface area contributed by atoms with Crippen LogP contribution in [0.4, 0.5) is 11.4 Å². The summed E-state index contributed by atoms with van der Waals surface area (Å²) in [4.78, 5) is 0. The number of aryl methyl sites for hydroxylation is 1. The van der Waals surface area contributed by atoms with Crippen LogP contribution in [0.2, 0.25) is 0 Å². The van der Waals surface area contributed by atoms with Gasteiger partial charge in [-0.2, -0.15) is 0 Å². The first-order valence-electron chi connectivity index (χ1n) is 13.6. The fourth-order valence-electron chi connectivity index (χ4n) is 5.65. The first-order valence-corrected chi connectivity index (χ1v) is 13.6. The van der Waals surface area contributed by atoms with Gasteiger partial charge in [-0.25, -0.2) is 0 Å². The van der Waals surface area contributed by atoms with Crippen molar-refractivity contribution in [2.75, 3.05) is 5.32 Å². The van der Waals surface area contributed by atoms with E-state index in [9.17, 15) is 0 Å². The molecular formula is C33H43N. The molecule has 0 aromatic heterocycles. The number of anilines is 2. The van der Waals surface area contributed by atoms with E-state index in [1.54, 1.807) is 11.1 Å². The van der Waals surface area contributed by atoms with Crippen molar-refractivity contribution in [2.24, 2.45) is 11.8 Å². The number of fused-ring (bicyclic) bond motifs is 1. The Kier molecular flexibility index (Phi) is 8.14. The summed E-state index contributed by atoms with van der Waals surface area (Å²) < 4.78 is 0. The van der Waals surface area contributed by atoms with Crippen LogP contribution in [-0.2, 0) is 12.8 Å². The van der Waals surface area contributed by atoms with Crippen molar-refractivity contribution >= 4 is 16.9 Å². The minimum absolute atomic E-state index is 0.491. The van der Waals surface area contributed by atoms with Crippen LogP contribution in [0.25, 0.3) is 5.57 Å². The molecule has 1 N–H and O–H groups in total. The summed E-state index contributed by atoms with van der Waals surface area (Å²) in [6.07, 6.45) is 17.5. The molecule has 0 amide bonds. The fraction of sp³-hybridized carbons (Fsp3) is 0.455. The average molecular weight is 454 g/mol. The van der Waals surface area contributed by atoms with Gasteiger partial charge in [0.2, 0.25) is 0 Å². The maximum Gasteiger partial charge on any atom is 0.0419 e. The molecule has 2 atom stereocenters. The summed E-state index contributed by atoms with van der Waals surface area (Å²) in [5, 5.41) is 3.82. The fourth-order valence-corrected chi connectivity index (χ4v) is 5.65. The third-order valence-electron chi connectivity index (χ3n) is 7.94. The van der Waals surface area contributed by atoms with Gasteiger partial charge in [-0.1, -0.05) is 75.1 Å². The highest BCUT2D eigenvalue weighted by Gasteiger charge is 2.19. The molecule has 0 aliphatic heterocycles. The third kappa shape index (κ3) is 5.74. The van der Waals surface area contributed by atoms with Gasteiger partial charge in [-0.05, 0) is 116 Å². The predicted octanol–water partition coefficient (Wildman–Crippen LogP) is 9.74. The molecule has 1 heteroatoms. The molecule has 180 valence electrons. The van der Waals surface area contributed by atoms with Crippen molar-refractivity contribution < 1.29 is 0 Å². The monoisotopic (exact) mass is 453 g/mol. The lowest BCUT2D eigenvalue weighted by Gasteiger charge is -2.18. The third-order valence-corrected chi connectivity index (χ3v) is 7.94. The Morgan fingerprint density at radius 2 is 1.82 bits per heavy atom. The van der Waals surface area contributed by atoms with Crippen LogP contribution < -0.4 is 5.32 Å². The minimum atomic E-state index is 0.491. The first-order chi connectivity index (χ1) is 16.5. The molecule has 0 bridgehead atoms. The Hall–Kier alpha value is -2.54. The van der Waals surface area contributed by atoms with Gasteiger partial charge in [-0.15, -0.1) is 0 Å². The second-order valence-electron chi connectivity index (χ2n) is 10.6.